The van der Waals surface area contributed by atoms with Crippen molar-refractivity contribution in [1.82, 2.24) is 5.32 Å². The molecular formula is C14H15NO4. The van der Waals surface area contributed by atoms with Crippen molar-refractivity contribution in [2.24, 2.45) is 0 Å². The van der Waals surface area contributed by atoms with E-state index in [0.717, 1.165) is 5.56 Å². The van der Waals surface area contributed by atoms with E-state index in [-0.39, 0.29) is 13.2 Å². The van der Waals surface area contributed by atoms with Gasteiger partial charge in [0.15, 0.2) is 0 Å². The number of carbonyl (C=O) groups is 1. The molecule has 0 bridgehead atoms. The Bertz CT molecular complexity index is 495. The van der Waals surface area contributed by atoms with Crippen molar-refractivity contribution >= 4 is 6.09 Å². The van der Waals surface area contributed by atoms with Crippen LogP contribution >= 0.6 is 0 Å². The van der Waals surface area contributed by atoms with Gasteiger partial charge in [0.25, 0.3) is 0 Å². The van der Waals surface area contributed by atoms with Gasteiger partial charge in [0.05, 0.1) is 12.9 Å². The van der Waals surface area contributed by atoms with E-state index in [0.29, 0.717) is 5.76 Å². The summed E-state index contributed by atoms with van der Waals surface area (Å²) in [6.45, 7) is -0.0725. The summed E-state index contributed by atoms with van der Waals surface area (Å²) in [6.07, 6.45) is 0.883. The van der Waals surface area contributed by atoms with Gasteiger partial charge in [0.1, 0.15) is 18.4 Å². The highest BCUT2D eigenvalue weighted by molar-refractivity contribution is 5.67. The number of rotatable bonds is 5. The van der Waals surface area contributed by atoms with Crippen LogP contribution in [0, 0.1) is 0 Å². The van der Waals surface area contributed by atoms with Crippen LogP contribution in [0.15, 0.2) is 53.1 Å². The van der Waals surface area contributed by atoms with Gasteiger partial charge in [0.2, 0.25) is 0 Å². The van der Waals surface area contributed by atoms with E-state index in [9.17, 15) is 9.90 Å². The monoisotopic (exact) mass is 261 g/mol. The molecule has 5 heteroatoms. The van der Waals surface area contributed by atoms with Gasteiger partial charge in [-0.2, -0.15) is 0 Å². The third-order valence-electron chi connectivity index (χ3n) is 2.57. The molecule has 1 aromatic heterocycles. The lowest BCUT2D eigenvalue weighted by Crippen LogP contribution is -2.30. The van der Waals surface area contributed by atoms with Crippen LogP contribution in [-0.4, -0.2) is 17.8 Å². The van der Waals surface area contributed by atoms with Crippen molar-refractivity contribution in [2.75, 3.05) is 6.61 Å². The first-order chi connectivity index (χ1) is 9.29. The predicted octanol–water partition coefficient (Wildman–Crippen LogP) is 2.24. The molecular weight excluding hydrogens is 246 g/mol. The first kappa shape index (κ1) is 13.2. The van der Waals surface area contributed by atoms with Crippen molar-refractivity contribution in [1.29, 1.82) is 0 Å². The molecule has 0 saturated heterocycles. The highest BCUT2D eigenvalue weighted by Gasteiger charge is 2.16. The number of alkyl carbamates (subject to hydrolysis) is 1. The predicted molar refractivity (Wildman–Crippen MR) is 68.3 cm³/mol. The minimum atomic E-state index is -0.599. The third kappa shape index (κ3) is 3.86. The van der Waals surface area contributed by atoms with E-state index in [4.69, 9.17) is 9.15 Å². The smallest absolute Gasteiger partial charge is 0.408 e. The Balaban J connectivity index is 1.84. The standard InChI is InChI=1S/C14H15NO4/c16-9-12(13-7-4-8-18-13)15-14(17)19-10-11-5-2-1-3-6-11/h1-8,12,16H,9-10H2,(H,15,17). The van der Waals surface area contributed by atoms with Crippen molar-refractivity contribution < 1.29 is 19.1 Å². The van der Waals surface area contributed by atoms with Crippen LogP contribution in [0.25, 0.3) is 0 Å². The van der Waals surface area contributed by atoms with Crippen molar-refractivity contribution in [2.45, 2.75) is 12.6 Å². The fraction of sp³-hybridized carbons (Fsp3) is 0.214. The number of benzene rings is 1. The number of hydrogen-bond donors (Lipinski definition) is 2. The summed E-state index contributed by atoms with van der Waals surface area (Å²) in [6, 6.07) is 12.1. The lowest BCUT2D eigenvalue weighted by molar-refractivity contribution is 0.126. The molecule has 19 heavy (non-hydrogen) atoms. The second-order valence-corrected chi connectivity index (χ2v) is 3.96. The van der Waals surface area contributed by atoms with Crippen LogP contribution in [0.2, 0.25) is 0 Å². The van der Waals surface area contributed by atoms with E-state index < -0.39 is 12.1 Å². The number of furan rings is 1. The van der Waals surface area contributed by atoms with Crippen molar-refractivity contribution in [3.05, 3.63) is 60.1 Å². The number of amides is 1. The largest absolute Gasteiger partial charge is 0.467 e. The van der Waals surface area contributed by atoms with Crippen LogP contribution < -0.4 is 5.32 Å². The molecule has 0 aliphatic heterocycles. The van der Waals surface area contributed by atoms with Gasteiger partial charge in [-0.1, -0.05) is 30.3 Å². The zero-order valence-corrected chi connectivity index (χ0v) is 10.3. The molecule has 1 unspecified atom stereocenters. The number of nitrogens with one attached hydrogen (secondary N) is 1. The summed E-state index contributed by atoms with van der Waals surface area (Å²) in [5.74, 6) is 0.485. The number of aliphatic hydroxyl groups is 1. The topological polar surface area (TPSA) is 71.7 Å². The number of aliphatic hydroxyl groups excluding tert-OH is 1. The summed E-state index contributed by atoms with van der Waals surface area (Å²) in [5, 5.41) is 11.7. The SMILES string of the molecule is O=C(NC(CO)c1ccco1)OCc1ccccc1. The maximum Gasteiger partial charge on any atom is 0.408 e. The van der Waals surface area contributed by atoms with Gasteiger partial charge in [-0.3, -0.25) is 0 Å². The molecule has 2 rings (SSSR count). The second kappa shape index (κ2) is 6.61. The molecule has 0 fully saturated rings. The number of carbonyl (C=O) groups excluding carboxylic acids is 1. The van der Waals surface area contributed by atoms with Gasteiger partial charge in [0, 0.05) is 0 Å². The Labute approximate surface area is 110 Å². The molecule has 2 aromatic rings. The molecule has 1 atom stereocenters. The van der Waals surface area contributed by atoms with Gasteiger partial charge >= 0.3 is 6.09 Å². The van der Waals surface area contributed by atoms with Crippen LogP contribution in [0.1, 0.15) is 17.4 Å². The summed E-state index contributed by atoms with van der Waals surface area (Å²) in [4.78, 5) is 11.6. The van der Waals surface area contributed by atoms with Crippen molar-refractivity contribution in [3.63, 3.8) is 0 Å². The van der Waals surface area contributed by atoms with Gasteiger partial charge in [-0.25, -0.2) is 4.79 Å². The molecule has 2 N–H and O–H groups in total. The summed E-state index contributed by atoms with van der Waals surface area (Å²) < 4.78 is 10.2. The lowest BCUT2D eigenvalue weighted by Gasteiger charge is -2.13. The highest BCUT2D eigenvalue weighted by atomic mass is 16.5. The maximum atomic E-state index is 11.6. The van der Waals surface area contributed by atoms with E-state index in [1.807, 2.05) is 30.3 Å². The van der Waals surface area contributed by atoms with E-state index >= 15 is 0 Å². The lowest BCUT2D eigenvalue weighted by atomic mass is 10.2. The molecule has 0 spiro atoms. The Morgan fingerprint density at radius 3 is 2.68 bits per heavy atom. The molecule has 0 aliphatic rings. The van der Waals surface area contributed by atoms with Gasteiger partial charge < -0.3 is 19.6 Å². The molecule has 1 amide bonds. The highest BCUT2D eigenvalue weighted by Crippen LogP contribution is 2.12. The van der Waals surface area contributed by atoms with E-state index in [1.165, 1.54) is 6.26 Å². The maximum absolute atomic E-state index is 11.6. The summed E-state index contributed by atoms with van der Waals surface area (Å²) in [5.41, 5.74) is 0.899. The normalized spacial score (nSPS) is 11.8. The number of ether oxygens (including phenoxy) is 1. The number of hydrogen-bond acceptors (Lipinski definition) is 4. The Hall–Kier alpha value is -2.27. The summed E-state index contributed by atoms with van der Waals surface area (Å²) in [7, 11) is 0. The first-order valence-electron chi connectivity index (χ1n) is 5.91. The molecule has 5 nitrogen and oxygen atoms in total. The molecule has 0 radical (unpaired) electrons. The van der Waals surface area contributed by atoms with Gasteiger partial charge in [-0.05, 0) is 17.7 Å². The van der Waals surface area contributed by atoms with Gasteiger partial charge in [-0.15, -0.1) is 0 Å². The van der Waals surface area contributed by atoms with Crippen molar-refractivity contribution in [3.8, 4) is 0 Å². The Kier molecular flexibility index (Phi) is 4.58. The fourth-order valence-electron chi connectivity index (χ4n) is 1.60. The van der Waals surface area contributed by atoms with Crippen LogP contribution in [0.4, 0.5) is 4.79 Å². The minimum absolute atomic E-state index is 0.184. The molecule has 1 heterocycles. The van der Waals surface area contributed by atoms with E-state index in [1.54, 1.807) is 12.1 Å². The Morgan fingerprint density at radius 1 is 1.26 bits per heavy atom. The zero-order chi connectivity index (χ0) is 13.5. The third-order valence-corrected chi connectivity index (χ3v) is 2.57. The molecule has 0 aliphatic carbocycles. The fourth-order valence-corrected chi connectivity index (χ4v) is 1.60. The quantitative estimate of drug-likeness (QED) is 0.865. The van der Waals surface area contributed by atoms with Crippen LogP contribution in [0.5, 0.6) is 0 Å². The van der Waals surface area contributed by atoms with Crippen LogP contribution in [0.3, 0.4) is 0 Å². The van der Waals surface area contributed by atoms with E-state index in [2.05, 4.69) is 5.32 Å². The second-order valence-electron chi connectivity index (χ2n) is 3.96. The zero-order valence-electron chi connectivity index (χ0n) is 10.3. The average Bonchev–Trinajstić information content (AvgIpc) is 2.97. The minimum Gasteiger partial charge on any atom is -0.467 e. The average molecular weight is 261 g/mol. The summed E-state index contributed by atoms with van der Waals surface area (Å²) >= 11 is 0. The first-order valence-corrected chi connectivity index (χ1v) is 5.91. The molecule has 1 aromatic carbocycles. The molecule has 100 valence electrons. The Morgan fingerprint density at radius 2 is 2.05 bits per heavy atom. The van der Waals surface area contributed by atoms with Crippen LogP contribution in [-0.2, 0) is 11.3 Å². The molecule has 0 saturated carbocycles.